The van der Waals surface area contributed by atoms with Crippen LogP contribution in [0.2, 0.25) is 0 Å². The zero-order valence-electron chi connectivity index (χ0n) is 8.25. The first-order chi connectivity index (χ1) is 6.68. The maximum Gasteiger partial charge on any atom is 0.324 e. The minimum absolute atomic E-state index is 0.180. The summed E-state index contributed by atoms with van der Waals surface area (Å²) in [4.78, 5) is 24.2. The highest BCUT2D eigenvalue weighted by molar-refractivity contribution is 6.03. The molecule has 3 amide bonds. The van der Waals surface area contributed by atoms with Gasteiger partial charge < -0.3 is 10.2 Å². The van der Waals surface area contributed by atoms with E-state index in [4.69, 9.17) is 0 Å². The topological polar surface area (TPSA) is 61.4 Å². The molecule has 0 radical (unpaired) electrons. The van der Waals surface area contributed by atoms with Crippen molar-refractivity contribution < 1.29 is 9.59 Å². The van der Waals surface area contributed by atoms with Gasteiger partial charge in [0, 0.05) is 6.54 Å². The van der Waals surface area contributed by atoms with Crippen LogP contribution in [0.15, 0.2) is 0 Å². The number of hydrogen-bond acceptors (Lipinski definition) is 3. The van der Waals surface area contributed by atoms with Gasteiger partial charge in [0.1, 0.15) is 6.04 Å². The lowest BCUT2D eigenvalue weighted by molar-refractivity contribution is -0.121. The lowest BCUT2D eigenvalue weighted by Gasteiger charge is -2.21. The molecule has 2 rings (SSSR count). The molecule has 0 aromatic rings. The third kappa shape index (κ3) is 1.59. The first-order valence-corrected chi connectivity index (χ1v) is 5.00. The number of urea groups is 1. The molecule has 0 aliphatic carbocycles. The van der Waals surface area contributed by atoms with Crippen LogP contribution in [-0.2, 0) is 4.79 Å². The lowest BCUT2D eigenvalue weighted by atomic mass is 10.1. The smallest absolute Gasteiger partial charge is 0.316 e. The lowest BCUT2D eigenvalue weighted by Crippen LogP contribution is -2.37. The van der Waals surface area contributed by atoms with E-state index in [9.17, 15) is 9.59 Å². The quantitative estimate of drug-likeness (QED) is 0.589. The van der Waals surface area contributed by atoms with E-state index >= 15 is 0 Å². The third-order valence-electron chi connectivity index (χ3n) is 2.96. The number of amides is 3. The predicted octanol–water partition coefficient (Wildman–Crippen LogP) is -0.464. The van der Waals surface area contributed by atoms with Gasteiger partial charge in [0.2, 0.25) is 0 Å². The van der Waals surface area contributed by atoms with Gasteiger partial charge in [0.15, 0.2) is 0 Å². The van der Waals surface area contributed by atoms with Crippen molar-refractivity contribution >= 4 is 11.9 Å². The molecule has 2 aliphatic rings. The van der Waals surface area contributed by atoms with E-state index in [1.54, 1.807) is 11.8 Å². The predicted molar refractivity (Wildman–Crippen MR) is 50.7 cm³/mol. The Labute approximate surface area is 82.8 Å². The van der Waals surface area contributed by atoms with Gasteiger partial charge in [-0.1, -0.05) is 0 Å². The Morgan fingerprint density at radius 1 is 1.50 bits per heavy atom. The molecule has 2 atom stereocenters. The van der Waals surface area contributed by atoms with Crippen LogP contribution in [-0.4, -0.2) is 42.5 Å². The summed E-state index contributed by atoms with van der Waals surface area (Å²) in [5.41, 5.74) is 0. The molecule has 0 aromatic heterocycles. The Hall–Kier alpha value is -1.10. The third-order valence-corrected chi connectivity index (χ3v) is 2.96. The Morgan fingerprint density at radius 2 is 2.29 bits per heavy atom. The molecule has 0 aromatic carbocycles. The van der Waals surface area contributed by atoms with Crippen molar-refractivity contribution in [3.63, 3.8) is 0 Å². The van der Waals surface area contributed by atoms with Crippen molar-refractivity contribution in [3.05, 3.63) is 0 Å². The summed E-state index contributed by atoms with van der Waals surface area (Å²) in [6.07, 6.45) is 1.09. The molecular formula is C9H15N3O2. The van der Waals surface area contributed by atoms with E-state index in [1.807, 2.05) is 0 Å². The molecule has 2 N–H and O–H groups in total. The van der Waals surface area contributed by atoms with Crippen molar-refractivity contribution in [1.82, 2.24) is 15.5 Å². The number of rotatable bonds is 2. The monoisotopic (exact) mass is 197 g/mol. The molecule has 14 heavy (non-hydrogen) atoms. The summed E-state index contributed by atoms with van der Waals surface area (Å²) in [5, 5.41) is 5.56. The summed E-state index contributed by atoms with van der Waals surface area (Å²) in [7, 11) is 0. The maximum absolute atomic E-state index is 11.4. The average Bonchev–Trinajstić information content (AvgIpc) is 2.71. The van der Waals surface area contributed by atoms with Crippen molar-refractivity contribution in [3.8, 4) is 0 Å². The molecule has 78 valence electrons. The van der Waals surface area contributed by atoms with Gasteiger partial charge in [-0.15, -0.1) is 0 Å². The van der Waals surface area contributed by atoms with Gasteiger partial charge in [-0.25, -0.2) is 4.79 Å². The molecule has 2 fully saturated rings. The van der Waals surface area contributed by atoms with E-state index in [1.165, 1.54) is 0 Å². The number of imide groups is 1. The van der Waals surface area contributed by atoms with Gasteiger partial charge in [0.05, 0.1) is 0 Å². The number of carbonyl (C=O) groups excluding carboxylic acids is 2. The summed E-state index contributed by atoms with van der Waals surface area (Å²) in [5.74, 6) is 0.315. The molecular weight excluding hydrogens is 182 g/mol. The fraction of sp³-hybridized carbons (Fsp3) is 0.778. The van der Waals surface area contributed by atoms with Gasteiger partial charge in [0.25, 0.3) is 5.91 Å². The van der Waals surface area contributed by atoms with Crippen LogP contribution in [0.25, 0.3) is 0 Å². The van der Waals surface area contributed by atoms with Crippen molar-refractivity contribution in [2.45, 2.75) is 19.4 Å². The van der Waals surface area contributed by atoms with Crippen molar-refractivity contribution in [2.75, 3.05) is 19.6 Å². The number of nitrogens with one attached hydrogen (secondary N) is 2. The second-order valence-electron chi connectivity index (χ2n) is 3.98. The van der Waals surface area contributed by atoms with Crippen LogP contribution in [0, 0.1) is 5.92 Å². The Balaban J connectivity index is 1.96. The molecule has 0 spiro atoms. The van der Waals surface area contributed by atoms with Crippen LogP contribution in [0.1, 0.15) is 13.3 Å². The zero-order chi connectivity index (χ0) is 10.1. The van der Waals surface area contributed by atoms with Crippen molar-refractivity contribution in [1.29, 1.82) is 0 Å². The first-order valence-electron chi connectivity index (χ1n) is 5.00. The number of carbonyl (C=O) groups is 2. The van der Waals surface area contributed by atoms with Crippen molar-refractivity contribution in [2.24, 2.45) is 5.92 Å². The van der Waals surface area contributed by atoms with E-state index in [-0.39, 0.29) is 18.0 Å². The Morgan fingerprint density at radius 3 is 2.79 bits per heavy atom. The fourth-order valence-corrected chi connectivity index (χ4v) is 1.99. The van der Waals surface area contributed by atoms with Gasteiger partial charge in [-0.05, 0) is 32.4 Å². The highest BCUT2D eigenvalue weighted by Gasteiger charge is 2.36. The van der Waals surface area contributed by atoms with E-state index in [2.05, 4.69) is 10.6 Å². The fourth-order valence-electron chi connectivity index (χ4n) is 1.99. The standard InChI is InChI=1S/C9H15N3O2/c1-6-8(13)11-9(14)12(6)5-7-2-3-10-4-7/h6-7,10H,2-5H2,1H3,(H,11,13,14). The Kier molecular flexibility index (Phi) is 2.41. The van der Waals surface area contributed by atoms with Crippen LogP contribution in [0.3, 0.4) is 0 Å². The van der Waals surface area contributed by atoms with Crippen LogP contribution < -0.4 is 10.6 Å². The molecule has 2 unspecified atom stereocenters. The van der Waals surface area contributed by atoms with E-state index in [0.717, 1.165) is 19.5 Å². The van der Waals surface area contributed by atoms with Gasteiger partial charge in [-0.3, -0.25) is 10.1 Å². The minimum Gasteiger partial charge on any atom is -0.316 e. The minimum atomic E-state index is -0.303. The Bertz CT molecular complexity index is 261. The van der Waals surface area contributed by atoms with E-state index in [0.29, 0.717) is 12.5 Å². The van der Waals surface area contributed by atoms with E-state index < -0.39 is 0 Å². The molecule has 2 heterocycles. The summed E-state index contributed by atoms with van der Waals surface area (Å²) < 4.78 is 0. The summed E-state index contributed by atoms with van der Waals surface area (Å²) >= 11 is 0. The SMILES string of the molecule is CC1C(=O)NC(=O)N1CC1CCNC1. The summed E-state index contributed by atoms with van der Waals surface area (Å²) in [6, 6.07) is -0.544. The largest absolute Gasteiger partial charge is 0.324 e. The molecule has 2 aliphatic heterocycles. The highest BCUT2D eigenvalue weighted by atomic mass is 16.2. The first kappa shape index (κ1) is 9.45. The molecule has 5 nitrogen and oxygen atoms in total. The second kappa shape index (κ2) is 3.57. The maximum atomic E-state index is 11.4. The number of hydrogen-bond donors (Lipinski definition) is 2. The highest BCUT2D eigenvalue weighted by Crippen LogP contribution is 2.15. The number of nitrogens with zero attached hydrogens (tertiary/aromatic N) is 1. The van der Waals surface area contributed by atoms with Crippen LogP contribution in [0.5, 0.6) is 0 Å². The molecule has 0 bridgehead atoms. The normalized spacial score (nSPS) is 32.5. The second-order valence-corrected chi connectivity index (χ2v) is 3.98. The summed E-state index contributed by atoms with van der Waals surface area (Å²) in [6.45, 7) is 4.42. The molecule has 2 saturated heterocycles. The van der Waals surface area contributed by atoms with Crippen LogP contribution in [0.4, 0.5) is 4.79 Å². The molecule has 0 saturated carbocycles. The average molecular weight is 197 g/mol. The zero-order valence-corrected chi connectivity index (χ0v) is 8.25. The molecule has 5 heteroatoms. The van der Waals surface area contributed by atoms with Gasteiger partial charge in [-0.2, -0.15) is 0 Å². The van der Waals surface area contributed by atoms with Crippen LogP contribution >= 0.6 is 0 Å². The van der Waals surface area contributed by atoms with Gasteiger partial charge >= 0.3 is 6.03 Å².